The zero-order valence-electron chi connectivity index (χ0n) is 17.5. The van der Waals surface area contributed by atoms with Crippen LogP contribution in [0.15, 0.2) is 83.3 Å². The fraction of sp³-hybridized carbons (Fsp3) is 0.192. The molecule has 0 bridgehead atoms. The van der Waals surface area contributed by atoms with Gasteiger partial charge in [-0.2, -0.15) is 0 Å². The van der Waals surface area contributed by atoms with Gasteiger partial charge < -0.3 is 19.0 Å². The van der Waals surface area contributed by atoms with E-state index in [2.05, 4.69) is 29.2 Å². The quantitative estimate of drug-likeness (QED) is 0.377. The molecule has 0 radical (unpaired) electrons. The number of aromatic nitrogens is 1. The second kappa shape index (κ2) is 10.1. The number of hydrogen-bond donors (Lipinski definition) is 1. The number of hydrogen-bond acceptors (Lipinski definition) is 5. The molecular formula is C26H25NO4. The number of nitrogens with zero attached hydrogens (tertiary/aromatic N) is 1. The Morgan fingerprint density at radius 1 is 0.839 bits per heavy atom. The minimum atomic E-state index is -0.250. The van der Waals surface area contributed by atoms with Crippen LogP contribution in [-0.2, 0) is 24.4 Å². The first-order valence-corrected chi connectivity index (χ1v) is 10.2. The molecular weight excluding hydrogens is 390 g/mol. The maximum absolute atomic E-state index is 9.51. The highest BCUT2D eigenvalue weighted by Crippen LogP contribution is 2.33. The molecule has 3 aromatic carbocycles. The first kappa shape index (κ1) is 20.8. The van der Waals surface area contributed by atoms with Crippen LogP contribution in [0, 0.1) is 0 Å². The lowest BCUT2D eigenvalue weighted by atomic mass is 10.0. The highest BCUT2D eigenvalue weighted by Gasteiger charge is 2.16. The number of rotatable bonds is 9. The summed E-state index contributed by atoms with van der Waals surface area (Å²) >= 11 is 0. The topological polar surface area (TPSA) is 64.7 Å². The van der Waals surface area contributed by atoms with Gasteiger partial charge in [0.25, 0.3) is 0 Å². The summed E-state index contributed by atoms with van der Waals surface area (Å²) in [6.45, 7) is 1.02. The molecule has 1 heterocycles. The zero-order chi connectivity index (χ0) is 21.5. The van der Waals surface area contributed by atoms with Crippen molar-refractivity contribution in [1.82, 2.24) is 4.98 Å². The maximum atomic E-state index is 9.51. The Labute approximate surface area is 181 Å². The molecule has 0 saturated carbocycles. The normalized spacial score (nSPS) is 10.9. The van der Waals surface area contributed by atoms with Crippen LogP contribution in [0.25, 0.3) is 22.6 Å². The Morgan fingerprint density at radius 2 is 1.55 bits per heavy atom. The average molecular weight is 415 g/mol. The van der Waals surface area contributed by atoms with E-state index in [9.17, 15) is 5.11 Å². The van der Waals surface area contributed by atoms with Gasteiger partial charge in [-0.15, -0.1) is 0 Å². The molecule has 0 aliphatic carbocycles. The van der Waals surface area contributed by atoms with E-state index in [4.69, 9.17) is 13.9 Å². The summed E-state index contributed by atoms with van der Waals surface area (Å²) in [4.78, 5) is 4.47. The molecule has 158 valence electrons. The average Bonchev–Trinajstić information content (AvgIpc) is 3.27. The molecule has 0 atom stereocenters. The molecule has 5 nitrogen and oxygen atoms in total. The molecule has 0 aliphatic rings. The van der Waals surface area contributed by atoms with Crippen LogP contribution in [-0.4, -0.2) is 23.8 Å². The van der Waals surface area contributed by atoms with Gasteiger partial charge in [-0.25, -0.2) is 4.98 Å². The van der Waals surface area contributed by atoms with Gasteiger partial charge in [0, 0.05) is 11.1 Å². The van der Waals surface area contributed by atoms with Gasteiger partial charge in [0.15, 0.2) is 5.76 Å². The van der Waals surface area contributed by atoms with E-state index in [1.165, 1.54) is 11.1 Å². The maximum Gasteiger partial charge on any atom is 0.221 e. The van der Waals surface area contributed by atoms with Gasteiger partial charge in [0.05, 0.1) is 20.3 Å². The van der Waals surface area contributed by atoms with Crippen LogP contribution >= 0.6 is 0 Å². The molecule has 0 amide bonds. The lowest BCUT2D eigenvalue weighted by molar-refractivity contribution is 0.124. The summed E-state index contributed by atoms with van der Waals surface area (Å²) in [6.07, 6.45) is 0.830. The van der Waals surface area contributed by atoms with Crippen molar-refractivity contribution in [1.29, 1.82) is 0 Å². The van der Waals surface area contributed by atoms with Gasteiger partial charge in [0.2, 0.25) is 5.89 Å². The summed E-state index contributed by atoms with van der Waals surface area (Å²) in [5, 5.41) is 9.51. The van der Waals surface area contributed by atoms with Crippen LogP contribution in [0.2, 0.25) is 0 Å². The number of aliphatic hydroxyl groups is 1. The van der Waals surface area contributed by atoms with Crippen molar-refractivity contribution in [3.05, 3.63) is 95.9 Å². The standard InChI is InChI=1S/C26H25NO4/c1-29-23-13-11-21(12-14-23)25-26(31-24(17-28)27-25)22-9-7-19(8-10-22)15-16-30-18-20-5-3-2-4-6-20/h2-14,28H,15-18H2,1H3. The van der Waals surface area contributed by atoms with Gasteiger partial charge >= 0.3 is 0 Å². The molecule has 4 aromatic rings. The van der Waals surface area contributed by atoms with E-state index >= 15 is 0 Å². The molecule has 4 rings (SSSR count). The lowest BCUT2D eigenvalue weighted by Crippen LogP contribution is -1.99. The van der Waals surface area contributed by atoms with Gasteiger partial charge in [-0.3, -0.25) is 0 Å². The van der Waals surface area contributed by atoms with Crippen molar-refractivity contribution in [2.75, 3.05) is 13.7 Å². The third-order valence-corrected chi connectivity index (χ3v) is 5.03. The summed E-state index contributed by atoms with van der Waals surface area (Å²) in [6, 6.07) is 26.0. The Balaban J connectivity index is 1.45. The zero-order valence-corrected chi connectivity index (χ0v) is 17.5. The SMILES string of the molecule is COc1ccc(-c2nc(CO)oc2-c2ccc(CCOCc3ccccc3)cc2)cc1. The first-order valence-electron chi connectivity index (χ1n) is 10.2. The third-order valence-electron chi connectivity index (χ3n) is 5.03. The second-order valence-electron chi connectivity index (χ2n) is 7.16. The summed E-state index contributed by atoms with van der Waals surface area (Å²) < 4.78 is 16.8. The fourth-order valence-corrected chi connectivity index (χ4v) is 3.35. The van der Waals surface area contributed by atoms with E-state index in [0.717, 1.165) is 23.3 Å². The number of ether oxygens (including phenoxy) is 2. The monoisotopic (exact) mass is 415 g/mol. The predicted octanol–water partition coefficient (Wildman–Crippen LogP) is 5.27. The third kappa shape index (κ3) is 5.20. The Hall–Kier alpha value is -3.41. The van der Waals surface area contributed by atoms with Crippen LogP contribution in [0.5, 0.6) is 5.75 Å². The summed E-state index contributed by atoms with van der Waals surface area (Å²) in [5.74, 6) is 1.70. The summed E-state index contributed by atoms with van der Waals surface area (Å²) in [5.41, 5.74) is 4.87. The van der Waals surface area contributed by atoms with Crippen molar-refractivity contribution >= 4 is 0 Å². The van der Waals surface area contributed by atoms with Crippen molar-refractivity contribution in [3.8, 4) is 28.3 Å². The molecule has 31 heavy (non-hydrogen) atoms. The Kier molecular flexibility index (Phi) is 6.77. The highest BCUT2D eigenvalue weighted by atomic mass is 16.5. The predicted molar refractivity (Wildman–Crippen MR) is 120 cm³/mol. The minimum Gasteiger partial charge on any atom is -0.497 e. The number of methoxy groups -OCH3 is 1. The van der Waals surface area contributed by atoms with E-state index in [1.54, 1.807) is 7.11 Å². The molecule has 0 saturated heterocycles. The minimum absolute atomic E-state index is 0.250. The molecule has 0 unspecified atom stereocenters. The second-order valence-corrected chi connectivity index (χ2v) is 7.16. The molecule has 0 fully saturated rings. The molecule has 0 aliphatic heterocycles. The molecule has 1 aromatic heterocycles. The highest BCUT2D eigenvalue weighted by molar-refractivity contribution is 5.77. The lowest BCUT2D eigenvalue weighted by Gasteiger charge is -2.06. The summed E-state index contributed by atoms with van der Waals surface area (Å²) in [7, 11) is 1.63. The van der Waals surface area contributed by atoms with Crippen LogP contribution in [0.1, 0.15) is 17.0 Å². The molecule has 0 spiro atoms. The fourth-order valence-electron chi connectivity index (χ4n) is 3.35. The van der Waals surface area contributed by atoms with Crippen LogP contribution < -0.4 is 4.74 Å². The van der Waals surface area contributed by atoms with Gasteiger partial charge in [0.1, 0.15) is 18.1 Å². The van der Waals surface area contributed by atoms with Crippen molar-refractivity contribution in [3.63, 3.8) is 0 Å². The Bertz CT molecular complexity index is 1090. The van der Waals surface area contributed by atoms with E-state index in [0.29, 0.717) is 30.6 Å². The number of benzene rings is 3. The van der Waals surface area contributed by atoms with Crippen LogP contribution in [0.4, 0.5) is 0 Å². The molecule has 1 N–H and O–H groups in total. The molecule has 5 heteroatoms. The van der Waals surface area contributed by atoms with Crippen molar-refractivity contribution in [2.45, 2.75) is 19.6 Å². The van der Waals surface area contributed by atoms with Gasteiger partial charge in [-0.1, -0.05) is 54.6 Å². The largest absolute Gasteiger partial charge is 0.497 e. The Morgan fingerprint density at radius 3 is 2.23 bits per heavy atom. The number of oxazole rings is 1. The first-order chi connectivity index (χ1) is 15.3. The van der Waals surface area contributed by atoms with E-state index < -0.39 is 0 Å². The van der Waals surface area contributed by atoms with E-state index in [1.807, 2.05) is 54.6 Å². The number of aliphatic hydroxyl groups excluding tert-OH is 1. The van der Waals surface area contributed by atoms with E-state index in [-0.39, 0.29) is 6.61 Å². The van der Waals surface area contributed by atoms with Crippen LogP contribution in [0.3, 0.4) is 0 Å². The van der Waals surface area contributed by atoms with Gasteiger partial charge in [-0.05, 0) is 41.8 Å². The smallest absolute Gasteiger partial charge is 0.221 e. The van der Waals surface area contributed by atoms with Crippen molar-refractivity contribution < 1.29 is 19.0 Å². The van der Waals surface area contributed by atoms with Crippen molar-refractivity contribution in [2.24, 2.45) is 0 Å².